The van der Waals surface area contributed by atoms with Gasteiger partial charge < -0.3 is 89.7 Å². The van der Waals surface area contributed by atoms with Crippen molar-refractivity contribution in [2.45, 2.75) is 196 Å². The lowest BCUT2D eigenvalue weighted by molar-refractivity contribution is -0.363. The minimum atomic E-state index is -1.66. The summed E-state index contributed by atoms with van der Waals surface area (Å²) in [5.74, 6) is -2.07. The average Bonchev–Trinajstić information content (AvgIpc) is 3.62. The molecule has 0 amide bonds. The Hall–Kier alpha value is -1.73. The number of hydrogen-bond acceptors (Lipinski definition) is 18. The minimum absolute atomic E-state index is 0.0623. The average molecular weight is 931 g/mol. The molecule has 19 heteroatoms. The van der Waals surface area contributed by atoms with Crippen LogP contribution in [-0.2, 0) is 33.2 Å². The van der Waals surface area contributed by atoms with Crippen LogP contribution in [0, 0.1) is 40.4 Å². The number of aliphatic hydroxyl groups is 11. The summed E-state index contributed by atoms with van der Waals surface area (Å²) in [7, 11) is 0. The number of rotatable bonds is 15. The molecule has 0 bridgehead atoms. The topological polar surface area (TPSA) is 315 Å². The van der Waals surface area contributed by atoms with Crippen LogP contribution in [0.4, 0.5) is 0 Å². The highest BCUT2D eigenvalue weighted by Crippen LogP contribution is 2.65. The minimum Gasteiger partial charge on any atom is -0.481 e. The molecule has 19 nitrogen and oxygen atoms in total. The monoisotopic (exact) mass is 930 g/mol. The van der Waals surface area contributed by atoms with Crippen LogP contribution in [0.25, 0.3) is 0 Å². The Labute approximate surface area is 379 Å². The summed E-state index contributed by atoms with van der Waals surface area (Å²) in [4.78, 5) is 13.2. The van der Waals surface area contributed by atoms with E-state index in [9.17, 15) is 66.1 Å². The Morgan fingerprint density at radius 2 is 1.46 bits per heavy atom. The third-order valence-electron chi connectivity index (χ3n) is 17.0. The van der Waals surface area contributed by atoms with Gasteiger partial charge in [-0.15, -0.1) is 0 Å². The van der Waals surface area contributed by atoms with E-state index in [1.807, 2.05) is 0 Å². The molecule has 3 saturated heterocycles. The van der Waals surface area contributed by atoms with Gasteiger partial charge in [0.1, 0.15) is 67.1 Å². The van der Waals surface area contributed by atoms with Gasteiger partial charge in [-0.05, 0) is 110 Å². The van der Waals surface area contributed by atoms with Crippen molar-refractivity contribution in [1.82, 2.24) is 0 Å². The van der Waals surface area contributed by atoms with Crippen LogP contribution in [0.2, 0.25) is 0 Å². The molecule has 0 radical (unpaired) electrons. The third-order valence-corrected chi connectivity index (χ3v) is 17.0. The number of aliphatic hydroxyl groups excluding tert-OH is 10. The fourth-order valence-corrected chi connectivity index (χ4v) is 12.5. The second kappa shape index (κ2) is 19.9. The van der Waals surface area contributed by atoms with Gasteiger partial charge in [0.05, 0.1) is 43.5 Å². The highest BCUT2D eigenvalue weighted by molar-refractivity contribution is 5.70. The van der Waals surface area contributed by atoms with Gasteiger partial charge in [0, 0.05) is 0 Å². The summed E-state index contributed by atoms with van der Waals surface area (Å²) in [6.07, 6.45) is -12.3. The second-order valence-electron chi connectivity index (χ2n) is 20.8. The zero-order valence-electron chi connectivity index (χ0n) is 38.0. The summed E-state index contributed by atoms with van der Waals surface area (Å²) in [6, 6.07) is 0. The van der Waals surface area contributed by atoms with E-state index in [4.69, 9.17) is 28.4 Å². The zero-order chi connectivity index (χ0) is 47.5. The number of allylic oxidation sites excluding steroid dienone is 4. The number of ether oxygens (including phenoxy) is 6. The number of aliphatic carboxylic acids is 1. The van der Waals surface area contributed by atoms with Gasteiger partial charge in [-0.3, -0.25) is 4.79 Å². The molecule has 12 N–H and O–H groups in total. The largest absolute Gasteiger partial charge is 0.481 e. The lowest BCUT2D eigenvalue weighted by atomic mass is 9.51. The molecule has 0 aromatic rings. The van der Waals surface area contributed by atoms with Gasteiger partial charge >= 0.3 is 5.97 Å². The van der Waals surface area contributed by atoms with E-state index in [0.717, 1.165) is 19.3 Å². The molecule has 372 valence electrons. The van der Waals surface area contributed by atoms with Gasteiger partial charge in [0.2, 0.25) is 0 Å². The summed E-state index contributed by atoms with van der Waals surface area (Å²) in [6.45, 7) is 8.06. The predicted molar refractivity (Wildman–Crippen MR) is 225 cm³/mol. The summed E-state index contributed by atoms with van der Waals surface area (Å²) in [5, 5.41) is 126. The van der Waals surface area contributed by atoms with Gasteiger partial charge in [0.25, 0.3) is 0 Å². The molecule has 7 aliphatic rings. The van der Waals surface area contributed by atoms with Crippen molar-refractivity contribution in [3.63, 3.8) is 0 Å². The first-order valence-corrected chi connectivity index (χ1v) is 23.5. The fourth-order valence-electron chi connectivity index (χ4n) is 12.5. The molecule has 5 fully saturated rings. The Balaban J connectivity index is 1.02. The molecular weight excluding hydrogens is 856 g/mol. The molecule has 23 atom stereocenters. The van der Waals surface area contributed by atoms with Crippen LogP contribution < -0.4 is 0 Å². The molecule has 0 aromatic carbocycles. The van der Waals surface area contributed by atoms with E-state index in [1.54, 1.807) is 20.8 Å². The molecule has 7 rings (SSSR count). The van der Waals surface area contributed by atoms with Crippen molar-refractivity contribution in [2.24, 2.45) is 40.4 Å². The number of carboxylic acid groups (broad SMARTS) is 1. The molecule has 0 aromatic heterocycles. The number of hydrogen-bond donors (Lipinski definition) is 12. The van der Waals surface area contributed by atoms with Gasteiger partial charge in [-0.25, -0.2) is 0 Å². The van der Waals surface area contributed by atoms with E-state index in [2.05, 4.69) is 26.0 Å². The summed E-state index contributed by atoms with van der Waals surface area (Å²) >= 11 is 0. The second-order valence-corrected chi connectivity index (χ2v) is 20.8. The predicted octanol–water partition coefficient (Wildman–Crippen LogP) is -0.793. The maximum Gasteiger partial charge on any atom is 0.306 e. The van der Waals surface area contributed by atoms with Crippen molar-refractivity contribution in [2.75, 3.05) is 19.8 Å². The Bertz CT molecular complexity index is 1710. The van der Waals surface area contributed by atoms with E-state index >= 15 is 0 Å². The fraction of sp³-hybridized carbons (Fsp3) is 0.891. The first-order valence-electron chi connectivity index (χ1n) is 23.5. The molecule has 0 unspecified atom stereocenters. The Kier molecular flexibility index (Phi) is 15.7. The van der Waals surface area contributed by atoms with Crippen LogP contribution in [0.1, 0.15) is 92.4 Å². The van der Waals surface area contributed by atoms with Crippen LogP contribution >= 0.6 is 0 Å². The van der Waals surface area contributed by atoms with E-state index in [1.165, 1.54) is 11.1 Å². The van der Waals surface area contributed by atoms with E-state index < -0.39 is 129 Å². The Morgan fingerprint density at radius 3 is 2.11 bits per heavy atom. The standard InChI is InChI=1S/C46H74O19/c1-20(2)46(59,21(3)61-42-38(56)35(53)33(51)30(17-47)63-42)15-11-25(40(57)58)27-9-8-26-24-7-6-22-16-23(10-13-44(22,4)28(24)12-14-45(26,27)5)62-43-39(36(54)34(52)31(18-48)64-43)65-41-37(55)32(50)29(49)19-60-41/h7,12,20-23,25-27,29-39,41-43,47-56,59H,6,8-11,13-19H2,1-5H3,(H,57,58)/t21-,22-,23+,25-,26+,27-,29+,30-,31-,32+,33-,34-,35+,36+,37-,38-,39-,41+,42-,43-,44+,45+,46-/m1/s1. The van der Waals surface area contributed by atoms with Crippen molar-refractivity contribution in [1.29, 1.82) is 0 Å². The molecule has 3 heterocycles. The van der Waals surface area contributed by atoms with Crippen LogP contribution in [-0.4, -0.2) is 191 Å². The Morgan fingerprint density at radius 1 is 0.815 bits per heavy atom. The SMILES string of the molecule is CC(C)[C@](O)(CC[C@@H](C(=O)O)[C@H]1CC[C@H]2C3=CC[C@@H]4C[C@@H](O[C@@H]5O[C@H](CO)[C@@H](O)[C@H](O)[C@H]5O[C@@H]5OC[C@H](O)[C@H](O)[C@H]5O)CC[C@]4(C)C3=CC[C@]12C)[C@@H](C)O[C@@H]1O[C@H](CO)[C@@H](O)[C@H](O)[C@H]1O. The number of carbonyl (C=O) groups is 1. The maximum absolute atomic E-state index is 13.2. The van der Waals surface area contributed by atoms with Crippen molar-refractivity contribution in [3.8, 4) is 0 Å². The van der Waals surface area contributed by atoms with Crippen molar-refractivity contribution in [3.05, 3.63) is 23.3 Å². The third kappa shape index (κ3) is 9.38. The van der Waals surface area contributed by atoms with Gasteiger partial charge in [-0.2, -0.15) is 0 Å². The molecular formula is C46H74O19. The lowest BCUT2D eigenvalue weighted by Crippen LogP contribution is -2.63. The lowest BCUT2D eigenvalue weighted by Gasteiger charge is -2.54. The maximum atomic E-state index is 13.2. The molecule has 2 saturated carbocycles. The van der Waals surface area contributed by atoms with Gasteiger partial charge in [-0.1, -0.05) is 39.8 Å². The molecule has 3 aliphatic heterocycles. The first-order chi connectivity index (χ1) is 30.6. The van der Waals surface area contributed by atoms with Crippen LogP contribution in [0.3, 0.4) is 0 Å². The van der Waals surface area contributed by atoms with Crippen LogP contribution in [0.15, 0.2) is 23.3 Å². The smallest absolute Gasteiger partial charge is 0.306 e. The molecule has 65 heavy (non-hydrogen) atoms. The summed E-state index contributed by atoms with van der Waals surface area (Å²) in [5.41, 5.74) is 0.372. The number of fused-ring (bicyclic) bond motifs is 5. The first kappa shape index (κ1) is 51.1. The highest BCUT2D eigenvalue weighted by Gasteiger charge is 2.58. The molecule has 4 aliphatic carbocycles. The van der Waals surface area contributed by atoms with Crippen LogP contribution in [0.5, 0.6) is 0 Å². The van der Waals surface area contributed by atoms with E-state index in [-0.39, 0.29) is 54.1 Å². The quantitative estimate of drug-likeness (QED) is 0.0957. The normalized spacial score (nSPS) is 47.4. The van der Waals surface area contributed by atoms with Crippen molar-refractivity contribution >= 4 is 5.97 Å². The summed E-state index contributed by atoms with van der Waals surface area (Å²) < 4.78 is 35.3. The van der Waals surface area contributed by atoms with Crippen molar-refractivity contribution < 1.29 is 94.5 Å². The van der Waals surface area contributed by atoms with E-state index in [0.29, 0.717) is 25.7 Å². The highest BCUT2D eigenvalue weighted by atomic mass is 16.8. The zero-order valence-corrected chi connectivity index (χ0v) is 38.0. The molecule has 0 spiro atoms. The number of carboxylic acids is 1. The van der Waals surface area contributed by atoms with Gasteiger partial charge in [0.15, 0.2) is 18.9 Å².